The molecule has 1 aliphatic rings. The van der Waals surface area contributed by atoms with E-state index < -0.39 is 0 Å². The van der Waals surface area contributed by atoms with E-state index in [4.69, 9.17) is 17.3 Å². The fraction of sp³-hybridized carbons (Fsp3) is 0.400. The van der Waals surface area contributed by atoms with Crippen LogP contribution >= 0.6 is 24.0 Å². The summed E-state index contributed by atoms with van der Waals surface area (Å²) < 4.78 is 0. The Morgan fingerprint density at radius 1 is 1.43 bits per heavy atom. The number of hydrogen-bond donors (Lipinski definition) is 1. The van der Waals surface area contributed by atoms with Gasteiger partial charge in [-0.05, 0) is 24.1 Å². The van der Waals surface area contributed by atoms with Gasteiger partial charge in [-0.15, -0.1) is 12.4 Å². The first-order chi connectivity index (χ1) is 6.31. The van der Waals surface area contributed by atoms with E-state index in [9.17, 15) is 0 Å². The summed E-state index contributed by atoms with van der Waals surface area (Å²) in [6.07, 6.45) is 1.12. The zero-order valence-corrected chi connectivity index (χ0v) is 9.44. The maximum Gasteiger partial charge on any atom is 0.0426 e. The summed E-state index contributed by atoms with van der Waals surface area (Å²) in [5.74, 6) is 0. The van der Waals surface area contributed by atoms with Crippen molar-refractivity contribution in [2.24, 2.45) is 5.73 Å². The molecule has 0 saturated carbocycles. The van der Waals surface area contributed by atoms with Crippen LogP contribution in [0, 0.1) is 0 Å². The van der Waals surface area contributed by atoms with E-state index in [1.165, 1.54) is 11.3 Å². The van der Waals surface area contributed by atoms with Crippen LogP contribution in [0.5, 0.6) is 0 Å². The number of hydrogen-bond acceptors (Lipinski definition) is 2. The number of benzene rings is 1. The fourth-order valence-electron chi connectivity index (χ4n) is 1.81. The van der Waals surface area contributed by atoms with Gasteiger partial charge in [0.1, 0.15) is 0 Å². The minimum atomic E-state index is 0. The van der Waals surface area contributed by atoms with Gasteiger partial charge in [-0.2, -0.15) is 0 Å². The molecule has 78 valence electrons. The van der Waals surface area contributed by atoms with Crippen molar-refractivity contribution in [1.82, 2.24) is 0 Å². The van der Waals surface area contributed by atoms with Crippen molar-refractivity contribution in [3.05, 3.63) is 28.8 Å². The Morgan fingerprint density at radius 3 is 2.93 bits per heavy atom. The van der Waals surface area contributed by atoms with Gasteiger partial charge in [0, 0.05) is 30.3 Å². The van der Waals surface area contributed by atoms with Gasteiger partial charge >= 0.3 is 0 Å². The molecule has 2 rings (SSSR count). The quantitative estimate of drug-likeness (QED) is 0.847. The van der Waals surface area contributed by atoms with Crippen LogP contribution in [-0.2, 0) is 6.42 Å². The Balaban J connectivity index is 0.000000980. The van der Waals surface area contributed by atoms with E-state index in [0.29, 0.717) is 6.54 Å². The van der Waals surface area contributed by atoms with Crippen molar-refractivity contribution in [3.8, 4) is 0 Å². The van der Waals surface area contributed by atoms with E-state index in [1.54, 1.807) is 0 Å². The minimum Gasteiger partial charge on any atom is -0.370 e. The lowest BCUT2D eigenvalue weighted by Crippen LogP contribution is -2.27. The molecule has 0 aromatic heterocycles. The highest BCUT2D eigenvalue weighted by atomic mass is 35.5. The van der Waals surface area contributed by atoms with Crippen LogP contribution in [0.15, 0.2) is 18.2 Å². The normalized spacial score (nSPS) is 13.7. The zero-order chi connectivity index (χ0) is 9.26. The lowest BCUT2D eigenvalue weighted by Gasteiger charge is -2.17. The topological polar surface area (TPSA) is 29.3 Å². The van der Waals surface area contributed by atoms with Gasteiger partial charge in [0.25, 0.3) is 0 Å². The second-order valence-electron chi connectivity index (χ2n) is 3.30. The molecule has 1 heterocycles. The molecule has 0 saturated heterocycles. The Morgan fingerprint density at radius 2 is 2.21 bits per heavy atom. The maximum atomic E-state index is 5.93. The second kappa shape index (κ2) is 4.87. The molecule has 0 atom stereocenters. The summed E-state index contributed by atoms with van der Waals surface area (Å²) in [7, 11) is 0. The molecule has 0 unspecified atom stereocenters. The van der Waals surface area contributed by atoms with Crippen LogP contribution in [0.1, 0.15) is 5.56 Å². The van der Waals surface area contributed by atoms with Gasteiger partial charge in [-0.3, -0.25) is 0 Å². The number of nitrogens with two attached hydrogens (primary N) is 1. The first-order valence-electron chi connectivity index (χ1n) is 4.54. The third-order valence-corrected chi connectivity index (χ3v) is 2.67. The highest BCUT2D eigenvalue weighted by Gasteiger charge is 2.17. The molecule has 1 aromatic carbocycles. The first-order valence-corrected chi connectivity index (χ1v) is 4.92. The van der Waals surface area contributed by atoms with Gasteiger partial charge in [-0.25, -0.2) is 0 Å². The molecule has 1 aromatic rings. The highest BCUT2D eigenvalue weighted by Crippen LogP contribution is 2.30. The van der Waals surface area contributed by atoms with E-state index in [1.807, 2.05) is 12.1 Å². The summed E-state index contributed by atoms with van der Waals surface area (Å²) in [6, 6.07) is 6.08. The lowest BCUT2D eigenvalue weighted by atomic mass is 10.2. The number of rotatable bonds is 2. The summed E-state index contributed by atoms with van der Waals surface area (Å²) >= 11 is 5.93. The minimum absolute atomic E-state index is 0. The van der Waals surface area contributed by atoms with E-state index in [0.717, 1.165) is 24.5 Å². The van der Waals surface area contributed by atoms with Crippen LogP contribution in [0.3, 0.4) is 0 Å². The van der Waals surface area contributed by atoms with Gasteiger partial charge in [0.15, 0.2) is 0 Å². The summed E-state index contributed by atoms with van der Waals surface area (Å²) in [5, 5.41) is 0.808. The average molecular weight is 233 g/mol. The Kier molecular flexibility index (Phi) is 4.05. The SMILES string of the molecule is Cl.NCCN1CCc2ccc(Cl)cc21. The molecule has 14 heavy (non-hydrogen) atoms. The lowest BCUT2D eigenvalue weighted by molar-refractivity contribution is 0.821. The van der Waals surface area contributed by atoms with E-state index in [2.05, 4.69) is 11.0 Å². The molecule has 1 aliphatic heterocycles. The number of anilines is 1. The molecule has 4 heteroatoms. The molecule has 0 amide bonds. The van der Waals surface area contributed by atoms with Crippen LogP contribution in [0.25, 0.3) is 0 Å². The smallest absolute Gasteiger partial charge is 0.0426 e. The summed E-state index contributed by atoms with van der Waals surface area (Å²) in [6.45, 7) is 2.70. The van der Waals surface area contributed by atoms with Crippen LogP contribution in [-0.4, -0.2) is 19.6 Å². The maximum absolute atomic E-state index is 5.93. The van der Waals surface area contributed by atoms with E-state index >= 15 is 0 Å². The van der Waals surface area contributed by atoms with Crippen molar-refractivity contribution in [2.45, 2.75) is 6.42 Å². The van der Waals surface area contributed by atoms with Crippen molar-refractivity contribution in [1.29, 1.82) is 0 Å². The predicted octanol–water partition coefficient (Wildman–Crippen LogP) is 2.08. The van der Waals surface area contributed by atoms with Crippen molar-refractivity contribution in [3.63, 3.8) is 0 Å². The van der Waals surface area contributed by atoms with Crippen LogP contribution in [0.2, 0.25) is 5.02 Å². The Bertz CT molecular complexity index is 313. The molecule has 0 bridgehead atoms. The molecule has 2 N–H and O–H groups in total. The fourth-order valence-corrected chi connectivity index (χ4v) is 1.97. The van der Waals surface area contributed by atoms with Gasteiger partial charge in [-0.1, -0.05) is 17.7 Å². The van der Waals surface area contributed by atoms with Crippen molar-refractivity contribution >= 4 is 29.7 Å². The van der Waals surface area contributed by atoms with Gasteiger partial charge in [0.05, 0.1) is 0 Å². The molecule has 0 fully saturated rings. The van der Waals surface area contributed by atoms with Gasteiger partial charge in [0.2, 0.25) is 0 Å². The molecule has 0 spiro atoms. The summed E-state index contributed by atoms with van der Waals surface area (Å²) in [4.78, 5) is 2.29. The second-order valence-corrected chi connectivity index (χ2v) is 3.74. The highest BCUT2D eigenvalue weighted by molar-refractivity contribution is 6.30. The van der Waals surface area contributed by atoms with Crippen LogP contribution < -0.4 is 10.6 Å². The molecule has 0 aliphatic carbocycles. The zero-order valence-electron chi connectivity index (χ0n) is 7.87. The molecular formula is C10H14Cl2N2. The average Bonchev–Trinajstić information content (AvgIpc) is 2.49. The van der Waals surface area contributed by atoms with Crippen molar-refractivity contribution in [2.75, 3.05) is 24.5 Å². The summed E-state index contributed by atoms with van der Waals surface area (Å²) in [5.41, 5.74) is 8.18. The first kappa shape index (κ1) is 11.6. The third-order valence-electron chi connectivity index (χ3n) is 2.44. The van der Waals surface area contributed by atoms with Crippen molar-refractivity contribution < 1.29 is 0 Å². The van der Waals surface area contributed by atoms with E-state index in [-0.39, 0.29) is 12.4 Å². The van der Waals surface area contributed by atoms with Crippen LogP contribution in [0.4, 0.5) is 5.69 Å². The monoisotopic (exact) mass is 232 g/mol. The Labute approximate surface area is 95.4 Å². The standard InChI is InChI=1S/C10H13ClN2.ClH/c11-9-2-1-8-3-5-13(6-4-12)10(8)7-9;/h1-2,7H,3-6,12H2;1H. The predicted molar refractivity (Wildman–Crippen MR) is 63.7 cm³/mol. The largest absolute Gasteiger partial charge is 0.370 e. The number of halogens is 2. The molecular weight excluding hydrogens is 219 g/mol. The molecule has 0 radical (unpaired) electrons. The van der Waals surface area contributed by atoms with Gasteiger partial charge < -0.3 is 10.6 Å². The molecule has 2 nitrogen and oxygen atoms in total. The third kappa shape index (κ3) is 2.14. The number of nitrogens with zero attached hydrogens (tertiary/aromatic N) is 1. The number of fused-ring (bicyclic) bond motifs is 1. The Hall–Kier alpha value is -0.440.